The summed E-state index contributed by atoms with van der Waals surface area (Å²) in [5, 5.41) is 10.4. The van der Waals surface area contributed by atoms with Crippen molar-refractivity contribution in [3.8, 4) is 10.7 Å². The molecule has 1 aromatic carbocycles. The molecule has 0 aliphatic rings. The highest BCUT2D eigenvalue weighted by atomic mass is 32.2. The molecule has 0 bridgehead atoms. The lowest BCUT2D eigenvalue weighted by molar-refractivity contribution is -0.128. The van der Waals surface area contributed by atoms with Gasteiger partial charge in [-0.15, -0.1) is 21.5 Å². The van der Waals surface area contributed by atoms with Crippen LogP contribution in [0.5, 0.6) is 0 Å². The summed E-state index contributed by atoms with van der Waals surface area (Å²) in [7, 11) is 3.48. The molecule has 8 heteroatoms. The number of nitrogens with two attached hydrogens (primary N) is 1. The highest BCUT2D eigenvalue weighted by Gasteiger charge is 2.26. The normalized spacial score (nSPS) is 12.1. The SMILES string of the molecule is CN(C)C(=O)[C@@H](Sc1nnc(-c2cccs2)n1N)c1ccccc1. The zero-order valence-corrected chi connectivity index (χ0v) is 14.9. The maximum atomic E-state index is 12.6. The monoisotopic (exact) mass is 359 g/mol. The molecule has 0 unspecified atom stereocenters. The lowest BCUT2D eigenvalue weighted by Gasteiger charge is -2.19. The molecule has 0 saturated heterocycles. The average Bonchev–Trinajstić information content (AvgIpc) is 3.23. The Morgan fingerprint density at radius 1 is 1.21 bits per heavy atom. The van der Waals surface area contributed by atoms with Gasteiger partial charge in [-0.25, -0.2) is 4.68 Å². The number of amides is 1. The van der Waals surface area contributed by atoms with Crippen molar-refractivity contribution < 1.29 is 4.79 Å². The number of benzene rings is 1. The van der Waals surface area contributed by atoms with Crippen molar-refractivity contribution >= 4 is 29.0 Å². The lowest BCUT2D eigenvalue weighted by Crippen LogP contribution is -2.27. The van der Waals surface area contributed by atoms with E-state index in [9.17, 15) is 4.79 Å². The third kappa shape index (κ3) is 3.29. The van der Waals surface area contributed by atoms with Gasteiger partial charge in [0.25, 0.3) is 0 Å². The second-order valence-corrected chi connectivity index (χ2v) is 7.31. The van der Waals surface area contributed by atoms with E-state index in [4.69, 9.17) is 5.84 Å². The maximum Gasteiger partial charge on any atom is 0.240 e. The Balaban J connectivity index is 1.93. The van der Waals surface area contributed by atoms with Crippen LogP contribution >= 0.6 is 23.1 Å². The van der Waals surface area contributed by atoms with Gasteiger partial charge >= 0.3 is 0 Å². The first-order valence-corrected chi connectivity index (χ1v) is 9.01. The van der Waals surface area contributed by atoms with Gasteiger partial charge in [0.15, 0.2) is 5.82 Å². The number of nitrogen functional groups attached to an aromatic ring is 1. The van der Waals surface area contributed by atoms with Crippen LogP contribution in [-0.2, 0) is 4.79 Å². The number of aromatic nitrogens is 3. The number of thioether (sulfide) groups is 1. The number of carbonyl (C=O) groups is 1. The van der Waals surface area contributed by atoms with Crippen molar-refractivity contribution in [2.24, 2.45) is 0 Å². The number of hydrogen-bond acceptors (Lipinski definition) is 6. The zero-order chi connectivity index (χ0) is 17.1. The summed E-state index contributed by atoms with van der Waals surface area (Å²) in [6.45, 7) is 0. The van der Waals surface area contributed by atoms with Crippen LogP contribution < -0.4 is 5.84 Å². The fraction of sp³-hybridized carbons (Fsp3) is 0.188. The van der Waals surface area contributed by atoms with Gasteiger partial charge in [-0.05, 0) is 17.0 Å². The van der Waals surface area contributed by atoms with Crippen molar-refractivity contribution in [2.45, 2.75) is 10.4 Å². The van der Waals surface area contributed by atoms with Gasteiger partial charge in [-0.3, -0.25) is 4.79 Å². The third-order valence-electron chi connectivity index (χ3n) is 3.40. The fourth-order valence-corrected chi connectivity index (χ4v) is 3.97. The molecule has 2 heterocycles. The van der Waals surface area contributed by atoms with Crippen LogP contribution in [-0.4, -0.2) is 39.8 Å². The number of hydrogen-bond donors (Lipinski definition) is 1. The van der Waals surface area contributed by atoms with Gasteiger partial charge in [0.2, 0.25) is 11.1 Å². The number of rotatable bonds is 5. The second-order valence-electron chi connectivity index (χ2n) is 5.29. The largest absolute Gasteiger partial charge is 0.348 e. The van der Waals surface area contributed by atoms with Crippen molar-refractivity contribution in [3.05, 3.63) is 53.4 Å². The molecule has 2 aromatic heterocycles. The van der Waals surface area contributed by atoms with Gasteiger partial charge in [0.05, 0.1) is 4.88 Å². The summed E-state index contributed by atoms with van der Waals surface area (Å²) in [5.74, 6) is 6.72. The summed E-state index contributed by atoms with van der Waals surface area (Å²) in [4.78, 5) is 15.1. The maximum absolute atomic E-state index is 12.6. The van der Waals surface area contributed by atoms with E-state index >= 15 is 0 Å². The quantitative estimate of drug-likeness (QED) is 0.560. The van der Waals surface area contributed by atoms with E-state index in [-0.39, 0.29) is 5.91 Å². The highest BCUT2D eigenvalue weighted by Crippen LogP contribution is 2.36. The van der Waals surface area contributed by atoms with Crippen LogP contribution in [0.3, 0.4) is 0 Å². The molecule has 2 N–H and O–H groups in total. The molecule has 0 aliphatic carbocycles. The number of carbonyl (C=O) groups excluding carboxylic acids is 1. The zero-order valence-electron chi connectivity index (χ0n) is 13.3. The molecule has 0 fully saturated rings. The molecule has 3 rings (SSSR count). The van der Waals surface area contributed by atoms with E-state index in [1.54, 1.807) is 30.3 Å². The van der Waals surface area contributed by atoms with Crippen LogP contribution in [0.1, 0.15) is 10.8 Å². The molecule has 0 spiro atoms. The third-order valence-corrected chi connectivity index (χ3v) is 5.46. The first kappa shape index (κ1) is 16.5. The Morgan fingerprint density at radius 2 is 1.96 bits per heavy atom. The fourth-order valence-electron chi connectivity index (χ4n) is 2.16. The van der Waals surface area contributed by atoms with Gasteiger partial charge in [-0.1, -0.05) is 48.2 Å². The van der Waals surface area contributed by atoms with E-state index in [1.807, 2.05) is 47.8 Å². The smallest absolute Gasteiger partial charge is 0.240 e. The van der Waals surface area contributed by atoms with E-state index in [0.29, 0.717) is 11.0 Å². The van der Waals surface area contributed by atoms with Crippen LogP contribution in [0.4, 0.5) is 0 Å². The second kappa shape index (κ2) is 7.06. The van der Waals surface area contributed by atoms with Crippen LogP contribution in [0, 0.1) is 0 Å². The van der Waals surface area contributed by atoms with Crippen molar-refractivity contribution in [1.82, 2.24) is 19.8 Å². The number of nitrogens with zero attached hydrogens (tertiary/aromatic N) is 4. The summed E-state index contributed by atoms with van der Waals surface area (Å²) in [5.41, 5.74) is 0.905. The summed E-state index contributed by atoms with van der Waals surface area (Å²) < 4.78 is 1.44. The lowest BCUT2D eigenvalue weighted by atomic mass is 10.1. The highest BCUT2D eigenvalue weighted by molar-refractivity contribution is 8.00. The van der Waals surface area contributed by atoms with Gasteiger partial charge < -0.3 is 10.7 Å². The van der Waals surface area contributed by atoms with Crippen LogP contribution in [0.2, 0.25) is 0 Å². The Hall–Kier alpha value is -2.32. The van der Waals surface area contributed by atoms with Gasteiger partial charge in [0, 0.05) is 14.1 Å². The van der Waals surface area contributed by atoms with E-state index < -0.39 is 5.25 Å². The molecule has 24 heavy (non-hydrogen) atoms. The molecular weight excluding hydrogens is 342 g/mol. The number of thiophene rings is 1. The molecule has 124 valence electrons. The summed E-state index contributed by atoms with van der Waals surface area (Å²) in [6, 6.07) is 13.5. The van der Waals surface area contributed by atoms with Crippen molar-refractivity contribution in [2.75, 3.05) is 19.9 Å². The Bertz CT molecular complexity index is 814. The molecule has 0 saturated carbocycles. The number of likely N-dealkylation sites (N-methyl/N-ethyl adjacent to an activating group) is 1. The van der Waals surface area contributed by atoms with Crippen molar-refractivity contribution in [3.63, 3.8) is 0 Å². The predicted molar refractivity (Wildman–Crippen MR) is 97.2 cm³/mol. The van der Waals surface area contributed by atoms with E-state index in [1.165, 1.54) is 16.4 Å². The summed E-state index contributed by atoms with van der Waals surface area (Å²) >= 11 is 2.84. The first-order valence-electron chi connectivity index (χ1n) is 7.25. The van der Waals surface area contributed by atoms with Crippen molar-refractivity contribution in [1.29, 1.82) is 0 Å². The van der Waals surface area contributed by atoms with Gasteiger partial charge in [0.1, 0.15) is 5.25 Å². The molecule has 1 atom stereocenters. The molecule has 0 aliphatic heterocycles. The molecule has 6 nitrogen and oxygen atoms in total. The molecule has 0 radical (unpaired) electrons. The Morgan fingerprint density at radius 3 is 2.58 bits per heavy atom. The Kier molecular flexibility index (Phi) is 4.86. The average molecular weight is 359 g/mol. The van der Waals surface area contributed by atoms with Gasteiger partial charge in [-0.2, -0.15) is 0 Å². The molecule has 1 amide bonds. The van der Waals surface area contributed by atoms with E-state index in [2.05, 4.69) is 10.2 Å². The predicted octanol–water partition coefficient (Wildman–Crippen LogP) is 2.64. The Labute approximate surface area is 148 Å². The minimum Gasteiger partial charge on any atom is -0.348 e. The minimum atomic E-state index is -0.427. The molecular formula is C16H17N5OS2. The van der Waals surface area contributed by atoms with E-state index in [0.717, 1.165) is 10.4 Å². The molecule has 3 aromatic rings. The first-order chi connectivity index (χ1) is 11.6. The summed E-state index contributed by atoms with van der Waals surface area (Å²) in [6.07, 6.45) is 0. The minimum absolute atomic E-state index is 0.0214. The topological polar surface area (TPSA) is 77.0 Å². The van der Waals surface area contributed by atoms with Crippen LogP contribution in [0.15, 0.2) is 53.0 Å². The standard InChI is InChI=1S/C16H17N5OS2/c1-20(2)15(22)13(11-7-4-3-5-8-11)24-16-19-18-14(21(16)17)12-9-6-10-23-12/h3-10,13H,17H2,1-2H3/t13-/m0/s1. The van der Waals surface area contributed by atoms with Crippen LogP contribution in [0.25, 0.3) is 10.7 Å².